The largest absolute Gasteiger partial charge is 0.346 e. The molecule has 156 valence electrons. The van der Waals surface area contributed by atoms with E-state index in [-0.39, 0.29) is 0 Å². The minimum absolute atomic E-state index is 0.621. The van der Waals surface area contributed by atoms with Crippen LogP contribution in [0.25, 0.3) is 0 Å². The smallest absolute Gasteiger partial charge is 0.173 e. The van der Waals surface area contributed by atoms with Gasteiger partial charge in [-0.15, -0.1) is 0 Å². The van der Waals surface area contributed by atoms with Crippen molar-refractivity contribution in [3.8, 4) is 0 Å². The molecule has 0 radical (unpaired) electrons. The molecule has 3 aromatic rings. The summed E-state index contributed by atoms with van der Waals surface area (Å²) in [6.07, 6.45) is 3.74. The predicted molar refractivity (Wildman–Crippen MR) is 127 cm³/mol. The molecule has 1 aromatic heterocycles. The van der Waals surface area contributed by atoms with Gasteiger partial charge in [0.2, 0.25) is 0 Å². The first-order chi connectivity index (χ1) is 14.6. The van der Waals surface area contributed by atoms with Gasteiger partial charge in [-0.1, -0.05) is 53.5 Å². The zero-order valence-electron chi connectivity index (χ0n) is 16.5. The van der Waals surface area contributed by atoms with Crippen LogP contribution in [0.5, 0.6) is 0 Å². The monoisotopic (exact) mass is 459 g/mol. The van der Waals surface area contributed by atoms with E-state index in [0.717, 1.165) is 59.1 Å². The van der Waals surface area contributed by atoms with Gasteiger partial charge in [0, 0.05) is 49.0 Å². The zero-order chi connectivity index (χ0) is 20.9. The Kier molecular flexibility index (Phi) is 6.89. The Morgan fingerprint density at radius 1 is 1.00 bits per heavy atom. The number of hydrogen-bond acceptors (Lipinski definition) is 3. The summed E-state index contributed by atoms with van der Waals surface area (Å²) in [5.41, 5.74) is 3.16. The first kappa shape index (κ1) is 21.1. The average Bonchev–Trinajstić information content (AvgIpc) is 3.17. The SMILES string of the molecule is S=C(Nc1cnn(Cc2ccccc2Cl)c1)N1CCN(Cc2cccc(Cl)c2)CC1. The molecule has 1 aliphatic heterocycles. The molecule has 1 N–H and O–H groups in total. The van der Waals surface area contributed by atoms with Crippen LogP contribution in [0.4, 0.5) is 5.69 Å². The molecule has 0 aliphatic carbocycles. The van der Waals surface area contributed by atoms with Crippen LogP contribution in [-0.2, 0) is 13.1 Å². The lowest BCUT2D eigenvalue weighted by Crippen LogP contribution is -2.49. The Bertz CT molecular complexity index is 1010. The molecular formula is C22H23Cl2N5S. The number of hydrogen-bond donors (Lipinski definition) is 1. The second kappa shape index (κ2) is 9.79. The van der Waals surface area contributed by atoms with Crippen LogP contribution in [-0.4, -0.2) is 50.9 Å². The molecule has 8 heteroatoms. The third-order valence-electron chi connectivity index (χ3n) is 5.13. The number of nitrogens with zero attached hydrogens (tertiary/aromatic N) is 4. The van der Waals surface area contributed by atoms with Crippen molar-refractivity contribution in [2.75, 3.05) is 31.5 Å². The number of aromatic nitrogens is 2. The van der Waals surface area contributed by atoms with Crippen LogP contribution in [0.2, 0.25) is 10.0 Å². The van der Waals surface area contributed by atoms with E-state index in [4.69, 9.17) is 35.4 Å². The van der Waals surface area contributed by atoms with Gasteiger partial charge in [0.1, 0.15) is 0 Å². The fourth-order valence-electron chi connectivity index (χ4n) is 3.52. The van der Waals surface area contributed by atoms with Gasteiger partial charge in [0.15, 0.2) is 5.11 Å². The van der Waals surface area contributed by atoms with Gasteiger partial charge in [-0.3, -0.25) is 9.58 Å². The molecule has 2 aromatic carbocycles. The maximum atomic E-state index is 6.24. The molecule has 0 unspecified atom stereocenters. The summed E-state index contributed by atoms with van der Waals surface area (Å²) in [5, 5.41) is 9.98. The van der Waals surface area contributed by atoms with Gasteiger partial charge in [0.05, 0.1) is 18.4 Å². The lowest BCUT2D eigenvalue weighted by molar-refractivity contribution is 0.177. The van der Waals surface area contributed by atoms with E-state index < -0.39 is 0 Å². The Morgan fingerprint density at radius 3 is 2.57 bits per heavy atom. The topological polar surface area (TPSA) is 36.3 Å². The van der Waals surface area contributed by atoms with Gasteiger partial charge in [-0.25, -0.2) is 0 Å². The first-order valence-corrected chi connectivity index (χ1v) is 11.0. The molecule has 0 atom stereocenters. The van der Waals surface area contributed by atoms with Gasteiger partial charge in [-0.05, 0) is 41.5 Å². The van der Waals surface area contributed by atoms with Crippen LogP contribution in [0.1, 0.15) is 11.1 Å². The van der Waals surface area contributed by atoms with Crippen molar-refractivity contribution < 1.29 is 0 Å². The van der Waals surface area contributed by atoms with Gasteiger partial charge < -0.3 is 10.2 Å². The molecule has 0 bridgehead atoms. The van der Waals surface area contributed by atoms with Gasteiger partial charge in [-0.2, -0.15) is 5.10 Å². The number of anilines is 1. The van der Waals surface area contributed by atoms with Crippen molar-refractivity contribution in [3.05, 3.63) is 82.1 Å². The van der Waals surface area contributed by atoms with Crippen molar-refractivity contribution in [3.63, 3.8) is 0 Å². The summed E-state index contributed by atoms with van der Waals surface area (Å²) >= 11 is 18.0. The van der Waals surface area contributed by atoms with Gasteiger partial charge in [0.25, 0.3) is 0 Å². The highest BCUT2D eigenvalue weighted by molar-refractivity contribution is 7.80. The minimum Gasteiger partial charge on any atom is -0.346 e. The standard InChI is InChI=1S/C22H23Cl2N5S/c23-19-6-3-4-17(12-19)14-27-8-10-28(11-9-27)22(30)26-20-13-25-29(16-20)15-18-5-1-2-7-21(18)24/h1-7,12-13,16H,8-11,14-15H2,(H,26,30). The normalized spacial score (nSPS) is 14.7. The molecule has 0 amide bonds. The van der Waals surface area contributed by atoms with Crippen molar-refractivity contribution in [2.45, 2.75) is 13.1 Å². The maximum absolute atomic E-state index is 6.24. The predicted octanol–water partition coefficient (Wildman–Crippen LogP) is 4.75. The molecule has 0 saturated carbocycles. The number of piperazine rings is 1. The molecule has 1 saturated heterocycles. The number of nitrogens with one attached hydrogen (secondary N) is 1. The fraction of sp³-hybridized carbons (Fsp3) is 0.273. The number of benzene rings is 2. The molecule has 4 rings (SSSR count). The highest BCUT2D eigenvalue weighted by Crippen LogP contribution is 2.18. The summed E-state index contributed by atoms with van der Waals surface area (Å²) in [5.74, 6) is 0. The van der Waals surface area contributed by atoms with Crippen molar-refractivity contribution in [2.24, 2.45) is 0 Å². The van der Waals surface area contributed by atoms with E-state index in [9.17, 15) is 0 Å². The van der Waals surface area contributed by atoms with E-state index in [1.165, 1.54) is 5.56 Å². The summed E-state index contributed by atoms with van der Waals surface area (Å²) < 4.78 is 1.86. The molecule has 30 heavy (non-hydrogen) atoms. The van der Waals surface area contributed by atoms with Crippen molar-refractivity contribution in [1.29, 1.82) is 0 Å². The average molecular weight is 460 g/mol. The van der Waals surface area contributed by atoms with E-state index >= 15 is 0 Å². The molecule has 1 aliphatic rings. The van der Waals surface area contributed by atoms with E-state index in [1.54, 1.807) is 6.20 Å². The fourth-order valence-corrected chi connectivity index (χ4v) is 4.23. The Hall–Kier alpha value is -2.12. The highest BCUT2D eigenvalue weighted by Gasteiger charge is 2.19. The van der Waals surface area contributed by atoms with Crippen LogP contribution in [0.3, 0.4) is 0 Å². The second-order valence-corrected chi connectivity index (χ2v) is 8.57. The molecule has 0 spiro atoms. The Labute approximate surface area is 192 Å². The van der Waals surface area contributed by atoms with E-state index in [1.807, 2.05) is 53.3 Å². The zero-order valence-corrected chi connectivity index (χ0v) is 18.8. The number of thiocarbonyl (C=S) groups is 1. The molecule has 2 heterocycles. The highest BCUT2D eigenvalue weighted by atomic mass is 35.5. The summed E-state index contributed by atoms with van der Waals surface area (Å²) in [6.45, 7) is 5.22. The van der Waals surface area contributed by atoms with Crippen LogP contribution in [0, 0.1) is 0 Å². The summed E-state index contributed by atoms with van der Waals surface area (Å²) in [6, 6.07) is 15.8. The van der Waals surface area contributed by atoms with Crippen molar-refractivity contribution in [1.82, 2.24) is 19.6 Å². The van der Waals surface area contributed by atoms with Crippen LogP contribution < -0.4 is 5.32 Å². The number of halogens is 2. The Morgan fingerprint density at radius 2 is 1.80 bits per heavy atom. The summed E-state index contributed by atoms with van der Waals surface area (Å²) in [4.78, 5) is 4.63. The summed E-state index contributed by atoms with van der Waals surface area (Å²) in [7, 11) is 0. The van der Waals surface area contributed by atoms with E-state index in [0.29, 0.717) is 6.54 Å². The van der Waals surface area contributed by atoms with Crippen LogP contribution >= 0.6 is 35.4 Å². The maximum Gasteiger partial charge on any atom is 0.173 e. The van der Waals surface area contributed by atoms with Crippen LogP contribution in [0.15, 0.2) is 60.9 Å². The third kappa shape index (κ3) is 5.52. The molecule has 1 fully saturated rings. The van der Waals surface area contributed by atoms with Gasteiger partial charge >= 0.3 is 0 Å². The molecular weight excluding hydrogens is 437 g/mol. The Balaban J connectivity index is 1.27. The van der Waals surface area contributed by atoms with E-state index in [2.05, 4.69) is 26.3 Å². The quantitative estimate of drug-likeness (QED) is 0.556. The number of rotatable bonds is 5. The second-order valence-electron chi connectivity index (χ2n) is 7.34. The van der Waals surface area contributed by atoms with Crippen molar-refractivity contribution >= 4 is 46.2 Å². The first-order valence-electron chi connectivity index (χ1n) is 9.85. The minimum atomic E-state index is 0.621. The lowest BCUT2D eigenvalue weighted by Gasteiger charge is -2.36. The molecule has 5 nitrogen and oxygen atoms in total. The lowest BCUT2D eigenvalue weighted by atomic mass is 10.2. The third-order valence-corrected chi connectivity index (χ3v) is 6.09.